The summed E-state index contributed by atoms with van der Waals surface area (Å²) in [5, 5.41) is 3.47. The Morgan fingerprint density at radius 1 is 1.50 bits per heavy atom. The van der Waals surface area contributed by atoms with Crippen molar-refractivity contribution in [3.63, 3.8) is 0 Å². The fraction of sp³-hybridized carbons (Fsp3) is 0.571. The third-order valence-electron chi connectivity index (χ3n) is 3.30. The molecule has 1 aliphatic rings. The SMILES string of the molecule is COc1ccc(F)cc1C(C)NC1CCCOC1. The minimum absolute atomic E-state index is 0.0438. The van der Waals surface area contributed by atoms with Crippen molar-refractivity contribution in [1.29, 1.82) is 0 Å². The van der Waals surface area contributed by atoms with Gasteiger partial charge in [-0.1, -0.05) is 0 Å². The number of nitrogens with one attached hydrogen (secondary N) is 1. The highest BCUT2D eigenvalue weighted by Gasteiger charge is 2.19. The van der Waals surface area contributed by atoms with Crippen LogP contribution in [0.2, 0.25) is 0 Å². The van der Waals surface area contributed by atoms with Gasteiger partial charge in [0.05, 0.1) is 13.7 Å². The molecule has 1 aromatic carbocycles. The fourth-order valence-electron chi connectivity index (χ4n) is 2.36. The summed E-state index contributed by atoms with van der Waals surface area (Å²) in [7, 11) is 1.60. The molecule has 0 bridgehead atoms. The third kappa shape index (κ3) is 3.21. The van der Waals surface area contributed by atoms with Crippen LogP contribution >= 0.6 is 0 Å². The van der Waals surface area contributed by atoms with Crippen molar-refractivity contribution >= 4 is 0 Å². The Hall–Kier alpha value is -1.13. The van der Waals surface area contributed by atoms with Crippen molar-refractivity contribution in [1.82, 2.24) is 5.32 Å². The van der Waals surface area contributed by atoms with Gasteiger partial charge in [-0.25, -0.2) is 4.39 Å². The lowest BCUT2D eigenvalue weighted by molar-refractivity contribution is 0.0669. The van der Waals surface area contributed by atoms with E-state index in [9.17, 15) is 4.39 Å². The summed E-state index contributed by atoms with van der Waals surface area (Å²) in [6.45, 7) is 3.59. The van der Waals surface area contributed by atoms with Crippen LogP contribution in [0, 0.1) is 5.82 Å². The van der Waals surface area contributed by atoms with Gasteiger partial charge in [0.2, 0.25) is 0 Å². The van der Waals surface area contributed by atoms with Crippen LogP contribution in [0.25, 0.3) is 0 Å². The lowest BCUT2D eigenvalue weighted by atomic mass is 10.0. The summed E-state index contributed by atoms with van der Waals surface area (Å²) < 4.78 is 24.0. The van der Waals surface area contributed by atoms with E-state index in [2.05, 4.69) is 5.32 Å². The van der Waals surface area contributed by atoms with Gasteiger partial charge in [0.25, 0.3) is 0 Å². The molecule has 0 spiro atoms. The first kappa shape index (κ1) is 13.3. The van der Waals surface area contributed by atoms with E-state index >= 15 is 0 Å². The van der Waals surface area contributed by atoms with E-state index in [0.29, 0.717) is 11.8 Å². The van der Waals surface area contributed by atoms with Crippen LogP contribution in [0.1, 0.15) is 31.4 Å². The molecule has 1 aliphatic heterocycles. The molecule has 0 saturated carbocycles. The Bertz CT molecular complexity index is 391. The van der Waals surface area contributed by atoms with Crippen molar-refractivity contribution in [3.05, 3.63) is 29.6 Å². The second kappa shape index (κ2) is 6.16. The Morgan fingerprint density at radius 2 is 2.33 bits per heavy atom. The Morgan fingerprint density at radius 3 is 3.00 bits per heavy atom. The molecule has 1 heterocycles. The van der Waals surface area contributed by atoms with E-state index in [-0.39, 0.29) is 11.9 Å². The molecule has 0 aliphatic carbocycles. The van der Waals surface area contributed by atoms with Crippen LogP contribution in [-0.4, -0.2) is 26.4 Å². The second-order valence-electron chi connectivity index (χ2n) is 4.69. The van der Waals surface area contributed by atoms with E-state index in [1.54, 1.807) is 13.2 Å². The van der Waals surface area contributed by atoms with E-state index in [4.69, 9.17) is 9.47 Å². The van der Waals surface area contributed by atoms with Gasteiger partial charge in [0.1, 0.15) is 11.6 Å². The van der Waals surface area contributed by atoms with Crippen LogP contribution in [0.4, 0.5) is 4.39 Å². The molecule has 1 aromatic rings. The molecule has 0 radical (unpaired) electrons. The summed E-state index contributed by atoms with van der Waals surface area (Å²) in [6.07, 6.45) is 2.17. The predicted molar refractivity (Wildman–Crippen MR) is 68.3 cm³/mol. The summed E-state index contributed by atoms with van der Waals surface area (Å²) in [5.41, 5.74) is 0.850. The first-order chi connectivity index (χ1) is 8.70. The van der Waals surface area contributed by atoms with Crippen molar-refractivity contribution in [2.24, 2.45) is 0 Å². The quantitative estimate of drug-likeness (QED) is 0.895. The molecule has 2 atom stereocenters. The molecule has 2 unspecified atom stereocenters. The standard InChI is InChI=1S/C14H20FNO2/c1-10(16-12-4-3-7-18-9-12)13-8-11(15)5-6-14(13)17-2/h5-6,8,10,12,16H,3-4,7,9H2,1-2H3. The third-order valence-corrected chi connectivity index (χ3v) is 3.30. The van der Waals surface area contributed by atoms with Crippen LogP contribution in [-0.2, 0) is 4.74 Å². The fourth-order valence-corrected chi connectivity index (χ4v) is 2.36. The Balaban J connectivity index is 2.07. The Labute approximate surface area is 107 Å². The highest BCUT2D eigenvalue weighted by atomic mass is 19.1. The number of hydrogen-bond donors (Lipinski definition) is 1. The summed E-state index contributed by atoms with van der Waals surface area (Å²) in [5.74, 6) is 0.479. The number of benzene rings is 1. The molecular formula is C14H20FNO2. The highest BCUT2D eigenvalue weighted by Crippen LogP contribution is 2.26. The molecule has 1 N–H and O–H groups in total. The van der Waals surface area contributed by atoms with E-state index in [1.165, 1.54) is 12.1 Å². The van der Waals surface area contributed by atoms with Crippen molar-refractivity contribution in [2.75, 3.05) is 20.3 Å². The van der Waals surface area contributed by atoms with Gasteiger partial charge in [-0.3, -0.25) is 0 Å². The lowest BCUT2D eigenvalue weighted by Gasteiger charge is -2.27. The monoisotopic (exact) mass is 253 g/mol. The predicted octanol–water partition coefficient (Wildman–Crippen LogP) is 2.66. The van der Waals surface area contributed by atoms with Gasteiger partial charge in [-0.2, -0.15) is 0 Å². The molecule has 4 heteroatoms. The van der Waals surface area contributed by atoms with Gasteiger partial charge in [0.15, 0.2) is 0 Å². The lowest BCUT2D eigenvalue weighted by Crippen LogP contribution is -2.38. The van der Waals surface area contributed by atoms with Gasteiger partial charge in [-0.05, 0) is 38.0 Å². The largest absolute Gasteiger partial charge is 0.496 e. The van der Waals surface area contributed by atoms with Crippen molar-refractivity contribution in [3.8, 4) is 5.75 Å². The topological polar surface area (TPSA) is 30.5 Å². The summed E-state index contributed by atoms with van der Waals surface area (Å²) in [4.78, 5) is 0. The molecule has 1 fully saturated rings. The molecule has 2 rings (SSSR count). The van der Waals surface area contributed by atoms with Crippen LogP contribution in [0.3, 0.4) is 0 Å². The number of rotatable bonds is 4. The van der Waals surface area contributed by atoms with Crippen LogP contribution < -0.4 is 10.1 Å². The van der Waals surface area contributed by atoms with Gasteiger partial charge in [0, 0.05) is 24.3 Å². The van der Waals surface area contributed by atoms with Crippen LogP contribution in [0.5, 0.6) is 5.75 Å². The molecule has 1 saturated heterocycles. The van der Waals surface area contributed by atoms with E-state index in [1.807, 2.05) is 6.92 Å². The van der Waals surface area contributed by atoms with Gasteiger partial charge >= 0.3 is 0 Å². The first-order valence-corrected chi connectivity index (χ1v) is 6.38. The van der Waals surface area contributed by atoms with Gasteiger partial charge in [-0.15, -0.1) is 0 Å². The molecule has 100 valence electrons. The smallest absolute Gasteiger partial charge is 0.123 e. The second-order valence-corrected chi connectivity index (χ2v) is 4.69. The number of methoxy groups -OCH3 is 1. The highest BCUT2D eigenvalue weighted by molar-refractivity contribution is 5.36. The van der Waals surface area contributed by atoms with Gasteiger partial charge < -0.3 is 14.8 Å². The zero-order valence-electron chi connectivity index (χ0n) is 10.9. The summed E-state index contributed by atoms with van der Waals surface area (Å²) >= 11 is 0. The maximum Gasteiger partial charge on any atom is 0.123 e. The van der Waals surface area contributed by atoms with Crippen molar-refractivity contribution < 1.29 is 13.9 Å². The average Bonchev–Trinajstić information content (AvgIpc) is 2.40. The molecule has 0 amide bonds. The molecule has 3 nitrogen and oxygen atoms in total. The minimum atomic E-state index is -0.237. The number of hydrogen-bond acceptors (Lipinski definition) is 3. The number of halogens is 1. The molecule has 18 heavy (non-hydrogen) atoms. The molecular weight excluding hydrogens is 233 g/mol. The summed E-state index contributed by atoms with van der Waals surface area (Å²) in [6, 6.07) is 4.99. The van der Waals surface area contributed by atoms with E-state index < -0.39 is 0 Å². The van der Waals surface area contributed by atoms with Crippen LogP contribution in [0.15, 0.2) is 18.2 Å². The zero-order chi connectivity index (χ0) is 13.0. The molecule has 0 aromatic heterocycles. The zero-order valence-corrected chi connectivity index (χ0v) is 10.9. The Kier molecular flexibility index (Phi) is 4.55. The minimum Gasteiger partial charge on any atom is -0.496 e. The van der Waals surface area contributed by atoms with Crippen molar-refractivity contribution in [2.45, 2.75) is 31.8 Å². The number of ether oxygens (including phenoxy) is 2. The first-order valence-electron chi connectivity index (χ1n) is 6.38. The maximum absolute atomic E-state index is 13.3. The average molecular weight is 253 g/mol. The maximum atomic E-state index is 13.3. The van der Waals surface area contributed by atoms with E-state index in [0.717, 1.165) is 31.6 Å². The normalized spacial score (nSPS) is 21.6.